The first-order valence-electron chi connectivity index (χ1n) is 11.9. The Morgan fingerprint density at radius 2 is 1.00 bits per heavy atom. The predicted molar refractivity (Wildman–Crippen MR) is 114 cm³/mol. The molecule has 0 saturated carbocycles. The average Bonchev–Trinajstić information content (AvgIpc) is 3.12. The Kier molecular flexibility index (Phi) is 15.8. The van der Waals surface area contributed by atoms with Gasteiger partial charge in [0.15, 0.2) is 0 Å². The summed E-state index contributed by atoms with van der Waals surface area (Å²) in [7, 11) is 0. The summed E-state index contributed by atoms with van der Waals surface area (Å²) in [5.41, 5.74) is 0. The van der Waals surface area contributed by atoms with Crippen LogP contribution in [-0.2, 0) is 13.1 Å². The van der Waals surface area contributed by atoms with Gasteiger partial charge in [0.25, 0.3) is 0 Å². The fourth-order valence-electron chi connectivity index (χ4n) is 3.78. The Labute approximate surface area is 164 Å². The number of aryl methyl sites for hydroxylation is 2. The van der Waals surface area contributed by atoms with E-state index >= 15 is 0 Å². The lowest BCUT2D eigenvalue weighted by atomic mass is 10.0. The van der Waals surface area contributed by atoms with Crippen LogP contribution in [0.2, 0.25) is 0 Å². The number of imidazole rings is 1. The summed E-state index contributed by atoms with van der Waals surface area (Å²) in [6.07, 6.45) is 31.2. The number of aromatic nitrogens is 2. The van der Waals surface area contributed by atoms with Crippen LogP contribution in [0.3, 0.4) is 0 Å². The first kappa shape index (κ1) is 23.2. The van der Waals surface area contributed by atoms with Gasteiger partial charge in [-0.2, -0.15) is 0 Å². The molecular weight excluding hydrogens is 316 g/mol. The topological polar surface area (TPSA) is 8.81 Å². The molecule has 0 atom stereocenters. The maximum atomic E-state index is 2.33. The Morgan fingerprint density at radius 1 is 0.577 bits per heavy atom. The lowest BCUT2D eigenvalue weighted by Crippen LogP contribution is -2.30. The maximum absolute atomic E-state index is 2.33. The normalized spacial score (nSPS) is 11.3. The highest BCUT2D eigenvalue weighted by molar-refractivity contribution is 4.64. The molecule has 2 nitrogen and oxygen atoms in total. The molecule has 2 heteroatoms. The summed E-state index contributed by atoms with van der Waals surface area (Å²) < 4.78 is 4.57. The molecule has 0 N–H and O–H groups in total. The summed E-state index contributed by atoms with van der Waals surface area (Å²) in [4.78, 5) is 0. The second kappa shape index (κ2) is 17.6. The highest BCUT2D eigenvalue weighted by atomic mass is 15.1. The average molecular weight is 364 g/mol. The molecule has 0 radical (unpaired) electrons. The number of rotatable bonds is 19. The minimum absolute atomic E-state index is 1.08. The van der Waals surface area contributed by atoms with Crippen LogP contribution in [0.25, 0.3) is 0 Å². The van der Waals surface area contributed by atoms with E-state index in [1.807, 2.05) is 0 Å². The second-order valence-corrected chi connectivity index (χ2v) is 8.14. The second-order valence-electron chi connectivity index (χ2n) is 8.14. The summed E-state index contributed by atoms with van der Waals surface area (Å²) in [6.45, 7) is 6.75. The van der Waals surface area contributed by atoms with Gasteiger partial charge in [-0.1, -0.05) is 103 Å². The molecule has 1 heterocycles. The third-order valence-electron chi connectivity index (χ3n) is 5.63. The van der Waals surface area contributed by atoms with E-state index in [-0.39, 0.29) is 0 Å². The van der Waals surface area contributed by atoms with Crippen molar-refractivity contribution in [2.75, 3.05) is 0 Å². The molecule has 0 aliphatic rings. The van der Waals surface area contributed by atoms with E-state index in [9.17, 15) is 0 Å². The fraction of sp³-hybridized carbons (Fsp3) is 0.875. The van der Waals surface area contributed by atoms with Gasteiger partial charge in [0.1, 0.15) is 12.4 Å². The van der Waals surface area contributed by atoms with Gasteiger partial charge in [0.05, 0.1) is 13.1 Å². The van der Waals surface area contributed by atoms with Gasteiger partial charge < -0.3 is 0 Å². The van der Waals surface area contributed by atoms with Crippen LogP contribution >= 0.6 is 0 Å². The van der Waals surface area contributed by atoms with Crippen molar-refractivity contribution >= 4 is 0 Å². The van der Waals surface area contributed by atoms with Crippen LogP contribution in [0.1, 0.15) is 123 Å². The molecule has 0 aliphatic heterocycles. The third-order valence-corrected chi connectivity index (χ3v) is 5.63. The zero-order valence-corrected chi connectivity index (χ0v) is 18.1. The van der Waals surface area contributed by atoms with E-state index in [0.717, 1.165) is 6.54 Å². The Hall–Kier alpha value is -0.790. The summed E-state index contributed by atoms with van der Waals surface area (Å²) in [5.74, 6) is 0. The highest BCUT2D eigenvalue weighted by Crippen LogP contribution is 2.13. The Morgan fingerprint density at radius 3 is 1.38 bits per heavy atom. The van der Waals surface area contributed by atoms with Gasteiger partial charge in [0.2, 0.25) is 6.33 Å². The molecule has 1 rings (SSSR count). The van der Waals surface area contributed by atoms with Crippen LogP contribution in [0.4, 0.5) is 0 Å². The van der Waals surface area contributed by atoms with Crippen molar-refractivity contribution in [1.29, 1.82) is 0 Å². The molecular formula is C24H47N2+. The molecule has 1 aromatic heterocycles. The number of nitrogens with zero attached hydrogens (tertiary/aromatic N) is 2. The van der Waals surface area contributed by atoms with Crippen LogP contribution in [0, 0.1) is 0 Å². The maximum Gasteiger partial charge on any atom is 0.243 e. The van der Waals surface area contributed by atoms with Gasteiger partial charge in [-0.25, -0.2) is 9.13 Å². The molecule has 0 unspecified atom stereocenters. The fourth-order valence-corrected chi connectivity index (χ4v) is 3.78. The number of unbranched alkanes of at least 4 members (excludes halogenated alkanes) is 16. The summed E-state index contributed by atoms with van der Waals surface area (Å²) in [5, 5.41) is 0. The molecule has 1 aromatic rings. The molecule has 0 bridgehead atoms. The number of hydrogen-bond acceptors (Lipinski definition) is 0. The van der Waals surface area contributed by atoms with Crippen molar-refractivity contribution in [1.82, 2.24) is 4.57 Å². The van der Waals surface area contributed by atoms with E-state index in [0.29, 0.717) is 0 Å². The SMILES string of the molecule is CCCCCCCCCCCCCCCCCCC[n+]1ccn(CC)c1. The minimum atomic E-state index is 1.08. The lowest BCUT2D eigenvalue weighted by Gasteiger charge is -2.03. The molecule has 0 fully saturated rings. The van der Waals surface area contributed by atoms with E-state index < -0.39 is 0 Å². The van der Waals surface area contributed by atoms with Gasteiger partial charge in [-0.15, -0.1) is 0 Å². The largest absolute Gasteiger partial charge is 0.243 e. The van der Waals surface area contributed by atoms with Crippen molar-refractivity contribution in [3.8, 4) is 0 Å². The molecule has 152 valence electrons. The van der Waals surface area contributed by atoms with E-state index in [1.54, 1.807) is 0 Å². The third kappa shape index (κ3) is 13.4. The summed E-state index contributed by atoms with van der Waals surface area (Å²) >= 11 is 0. The molecule has 0 spiro atoms. The molecule has 0 aliphatic carbocycles. The van der Waals surface area contributed by atoms with Crippen molar-refractivity contribution < 1.29 is 4.57 Å². The Balaban J connectivity index is 1.72. The van der Waals surface area contributed by atoms with Gasteiger partial charge in [0, 0.05) is 0 Å². The van der Waals surface area contributed by atoms with Crippen molar-refractivity contribution in [2.45, 2.75) is 136 Å². The zero-order valence-electron chi connectivity index (χ0n) is 18.1. The van der Waals surface area contributed by atoms with Crippen LogP contribution in [0.5, 0.6) is 0 Å². The quantitative estimate of drug-likeness (QED) is 0.178. The standard InChI is InChI=1S/C24H47N2/c1-3-5-6-7-8-9-10-11-12-13-14-15-16-17-18-19-20-21-26-23-22-25(4-2)24-26/h22-24H,3-21H2,1-2H3/q+1. The predicted octanol–water partition coefficient (Wildman–Crippen LogP) is 7.45. The van der Waals surface area contributed by atoms with Crippen LogP contribution in [0.15, 0.2) is 18.7 Å². The van der Waals surface area contributed by atoms with Crippen molar-refractivity contribution in [3.05, 3.63) is 18.7 Å². The zero-order chi connectivity index (χ0) is 18.7. The van der Waals surface area contributed by atoms with E-state index in [4.69, 9.17) is 0 Å². The van der Waals surface area contributed by atoms with Gasteiger partial charge >= 0.3 is 0 Å². The first-order chi connectivity index (χ1) is 12.9. The highest BCUT2D eigenvalue weighted by Gasteiger charge is 2.01. The van der Waals surface area contributed by atoms with Gasteiger partial charge in [-0.05, 0) is 19.8 Å². The van der Waals surface area contributed by atoms with E-state index in [1.165, 1.54) is 116 Å². The molecule has 0 aromatic carbocycles. The minimum Gasteiger partial charge on any atom is -0.237 e. The van der Waals surface area contributed by atoms with Crippen LogP contribution < -0.4 is 4.57 Å². The molecule has 26 heavy (non-hydrogen) atoms. The first-order valence-corrected chi connectivity index (χ1v) is 11.9. The van der Waals surface area contributed by atoms with Gasteiger partial charge in [-0.3, -0.25) is 0 Å². The lowest BCUT2D eigenvalue weighted by molar-refractivity contribution is -0.696. The summed E-state index contributed by atoms with van der Waals surface area (Å²) in [6, 6.07) is 0. The molecule has 0 saturated heterocycles. The number of hydrogen-bond donors (Lipinski definition) is 0. The van der Waals surface area contributed by atoms with Crippen molar-refractivity contribution in [3.63, 3.8) is 0 Å². The van der Waals surface area contributed by atoms with Crippen LogP contribution in [-0.4, -0.2) is 4.57 Å². The Bertz CT molecular complexity index is 397. The molecule has 0 amide bonds. The smallest absolute Gasteiger partial charge is 0.237 e. The monoisotopic (exact) mass is 363 g/mol. The van der Waals surface area contributed by atoms with Crippen molar-refractivity contribution in [2.24, 2.45) is 0 Å². The van der Waals surface area contributed by atoms with E-state index in [2.05, 4.69) is 41.7 Å².